The lowest BCUT2D eigenvalue weighted by Crippen LogP contribution is -2.24. The fourth-order valence-electron chi connectivity index (χ4n) is 1.93. The summed E-state index contributed by atoms with van der Waals surface area (Å²) in [6.45, 7) is 0. The van der Waals surface area contributed by atoms with Crippen LogP contribution in [0.4, 0.5) is 0 Å². The van der Waals surface area contributed by atoms with Crippen LogP contribution in [0.2, 0.25) is 0 Å². The molecule has 0 radical (unpaired) electrons. The predicted octanol–water partition coefficient (Wildman–Crippen LogP) is 0.961. The minimum Gasteiger partial charge on any atom is -0.549 e. The minimum absolute atomic E-state index is 0.0513. The van der Waals surface area contributed by atoms with Crippen LogP contribution in [0.1, 0.15) is 11.1 Å². The number of hydrogen-bond donors (Lipinski definition) is 0. The van der Waals surface area contributed by atoms with Crippen molar-refractivity contribution in [1.29, 1.82) is 0 Å². The van der Waals surface area contributed by atoms with Gasteiger partial charge in [0.25, 0.3) is 0 Å². The SMILES string of the molecule is O=C([O-])CSc1ccc(Cc2ccc(SCC(=O)[O-])cc2)cc1. The number of hydrogen-bond acceptors (Lipinski definition) is 6. The Labute approximate surface area is 142 Å². The number of thioether (sulfide) groups is 2. The van der Waals surface area contributed by atoms with E-state index in [2.05, 4.69) is 0 Å². The van der Waals surface area contributed by atoms with Gasteiger partial charge in [0, 0.05) is 21.3 Å². The maximum atomic E-state index is 10.4. The molecule has 0 saturated carbocycles. The second-order valence-electron chi connectivity index (χ2n) is 4.79. The van der Waals surface area contributed by atoms with Gasteiger partial charge in [0.2, 0.25) is 0 Å². The first-order chi connectivity index (χ1) is 11.0. The molecule has 0 aromatic heterocycles. The Morgan fingerprint density at radius 2 is 1.04 bits per heavy atom. The lowest BCUT2D eigenvalue weighted by Gasteiger charge is -2.07. The van der Waals surface area contributed by atoms with Crippen LogP contribution in [-0.2, 0) is 16.0 Å². The van der Waals surface area contributed by atoms with Gasteiger partial charge in [0.15, 0.2) is 0 Å². The van der Waals surface area contributed by atoms with Crippen LogP contribution >= 0.6 is 23.5 Å². The van der Waals surface area contributed by atoms with E-state index in [1.165, 1.54) is 23.5 Å². The zero-order chi connectivity index (χ0) is 16.7. The molecule has 23 heavy (non-hydrogen) atoms. The van der Waals surface area contributed by atoms with Crippen molar-refractivity contribution in [3.8, 4) is 0 Å². The van der Waals surface area contributed by atoms with Crippen LogP contribution in [0.25, 0.3) is 0 Å². The van der Waals surface area contributed by atoms with Crippen molar-refractivity contribution in [3.05, 3.63) is 59.7 Å². The van der Waals surface area contributed by atoms with Gasteiger partial charge in [-0.2, -0.15) is 0 Å². The van der Waals surface area contributed by atoms with Crippen molar-refractivity contribution in [2.75, 3.05) is 11.5 Å². The van der Waals surface area contributed by atoms with E-state index >= 15 is 0 Å². The molecule has 0 heterocycles. The lowest BCUT2D eigenvalue weighted by molar-refractivity contribution is -0.302. The van der Waals surface area contributed by atoms with Gasteiger partial charge in [0.05, 0.1) is 11.9 Å². The first-order valence-electron chi connectivity index (χ1n) is 6.86. The van der Waals surface area contributed by atoms with Gasteiger partial charge in [-0.15, -0.1) is 23.5 Å². The molecular formula is C17H14O4S2-2. The minimum atomic E-state index is -1.07. The standard InChI is InChI=1S/C17H16O4S2/c18-16(19)10-22-14-5-1-12(2-6-14)9-13-3-7-15(8-4-13)23-11-17(20)21/h1-8H,9-11H2,(H,18,19)(H,20,21)/p-2. The third kappa shape index (κ3) is 6.38. The largest absolute Gasteiger partial charge is 0.549 e. The molecule has 0 aliphatic carbocycles. The Balaban J connectivity index is 1.91. The second-order valence-corrected chi connectivity index (χ2v) is 6.88. The van der Waals surface area contributed by atoms with Crippen LogP contribution in [-0.4, -0.2) is 23.4 Å². The highest BCUT2D eigenvalue weighted by molar-refractivity contribution is 8.00. The molecule has 0 bridgehead atoms. The number of benzene rings is 2. The summed E-state index contributed by atoms with van der Waals surface area (Å²) in [6, 6.07) is 15.5. The smallest absolute Gasteiger partial charge is 0.0517 e. The normalized spacial score (nSPS) is 10.4. The third-order valence-electron chi connectivity index (χ3n) is 2.97. The molecule has 2 aromatic carbocycles. The van der Waals surface area contributed by atoms with Crippen LogP contribution < -0.4 is 10.2 Å². The molecule has 2 rings (SSSR count). The van der Waals surface area contributed by atoms with Gasteiger partial charge >= 0.3 is 0 Å². The topological polar surface area (TPSA) is 80.3 Å². The van der Waals surface area contributed by atoms with Crippen LogP contribution in [0.3, 0.4) is 0 Å². The molecule has 0 N–H and O–H groups in total. The third-order valence-corrected chi connectivity index (χ3v) is 4.94. The molecular weight excluding hydrogens is 332 g/mol. The van der Waals surface area contributed by atoms with E-state index < -0.39 is 11.9 Å². The molecule has 0 unspecified atom stereocenters. The summed E-state index contributed by atoms with van der Waals surface area (Å²) in [5.74, 6) is -2.25. The molecule has 0 aliphatic heterocycles. The van der Waals surface area contributed by atoms with Crippen LogP contribution in [0, 0.1) is 0 Å². The van der Waals surface area contributed by atoms with Gasteiger partial charge < -0.3 is 19.8 Å². The number of carbonyl (C=O) groups excluding carboxylic acids is 2. The Morgan fingerprint density at radius 3 is 1.35 bits per heavy atom. The average Bonchev–Trinajstić information content (AvgIpc) is 2.53. The molecule has 0 atom stereocenters. The maximum Gasteiger partial charge on any atom is 0.0517 e. The van der Waals surface area contributed by atoms with Crippen molar-refractivity contribution < 1.29 is 19.8 Å². The summed E-state index contributed by atoms with van der Waals surface area (Å²) in [7, 11) is 0. The van der Waals surface area contributed by atoms with Crippen molar-refractivity contribution >= 4 is 35.5 Å². The highest BCUT2D eigenvalue weighted by Crippen LogP contribution is 2.21. The first kappa shape index (κ1) is 17.4. The van der Waals surface area contributed by atoms with Crippen molar-refractivity contribution in [3.63, 3.8) is 0 Å². The van der Waals surface area contributed by atoms with E-state index in [1.54, 1.807) is 0 Å². The van der Waals surface area contributed by atoms with Crippen molar-refractivity contribution in [2.24, 2.45) is 0 Å². The summed E-state index contributed by atoms with van der Waals surface area (Å²) in [5, 5.41) is 20.8. The van der Waals surface area contributed by atoms with Crippen LogP contribution in [0.15, 0.2) is 58.3 Å². The van der Waals surface area contributed by atoms with Crippen molar-refractivity contribution in [1.82, 2.24) is 0 Å². The van der Waals surface area contributed by atoms with Gasteiger partial charge in [-0.3, -0.25) is 0 Å². The summed E-state index contributed by atoms with van der Waals surface area (Å²) in [5.41, 5.74) is 2.25. The monoisotopic (exact) mass is 346 g/mol. The molecule has 0 spiro atoms. The molecule has 0 fully saturated rings. The maximum absolute atomic E-state index is 10.4. The fraction of sp³-hybridized carbons (Fsp3) is 0.176. The average molecular weight is 346 g/mol. The van der Waals surface area contributed by atoms with E-state index in [4.69, 9.17) is 0 Å². The van der Waals surface area contributed by atoms with E-state index in [9.17, 15) is 19.8 Å². The van der Waals surface area contributed by atoms with Crippen LogP contribution in [0.5, 0.6) is 0 Å². The zero-order valence-corrected chi connectivity index (χ0v) is 13.8. The number of aliphatic carboxylic acids is 2. The number of rotatable bonds is 8. The Morgan fingerprint density at radius 1 is 0.696 bits per heavy atom. The quantitative estimate of drug-likeness (QED) is 0.663. The van der Waals surface area contributed by atoms with Gasteiger partial charge in [-0.05, 0) is 41.8 Å². The molecule has 6 heteroatoms. The number of carbonyl (C=O) groups is 2. The Bertz CT molecular complexity index is 606. The second kappa shape index (κ2) is 8.64. The summed E-state index contributed by atoms with van der Waals surface area (Å²) < 4.78 is 0. The Hall–Kier alpha value is -1.92. The first-order valence-corrected chi connectivity index (χ1v) is 8.83. The summed E-state index contributed by atoms with van der Waals surface area (Å²) >= 11 is 2.47. The molecule has 120 valence electrons. The van der Waals surface area contributed by atoms with E-state index in [0.29, 0.717) is 0 Å². The summed E-state index contributed by atoms with van der Waals surface area (Å²) in [6.07, 6.45) is 0.761. The number of carboxylic acids is 2. The van der Waals surface area contributed by atoms with Gasteiger partial charge in [0.1, 0.15) is 0 Å². The molecule has 4 nitrogen and oxygen atoms in total. The highest BCUT2D eigenvalue weighted by Gasteiger charge is 2.00. The summed E-state index contributed by atoms with van der Waals surface area (Å²) in [4.78, 5) is 22.6. The van der Waals surface area contributed by atoms with Gasteiger partial charge in [-0.1, -0.05) is 24.3 Å². The zero-order valence-electron chi connectivity index (χ0n) is 12.2. The predicted molar refractivity (Wildman–Crippen MR) is 87.2 cm³/mol. The molecule has 0 saturated heterocycles. The van der Waals surface area contributed by atoms with E-state index in [1.807, 2.05) is 48.5 Å². The van der Waals surface area contributed by atoms with Gasteiger partial charge in [-0.25, -0.2) is 0 Å². The number of carboxylic acid groups (broad SMARTS) is 2. The highest BCUT2D eigenvalue weighted by atomic mass is 32.2. The van der Waals surface area contributed by atoms with Crippen molar-refractivity contribution in [2.45, 2.75) is 16.2 Å². The fourth-order valence-corrected chi connectivity index (χ4v) is 3.15. The Kier molecular flexibility index (Phi) is 6.55. The van der Waals surface area contributed by atoms with E-state index in [0.717, 1.165) is 27.3 Å². The van der Waals surface area contributed by atoms with E-state index in [-0.39, 0.29) is 11.5 Å². The molecule has 0 aliphatic rings. The lowest BCUT2D eigenvalue weighted by atomic mass is 10.1. The molecule has 2 aromatic rings. The molecule has 0 amide bonds.